The molecule has 11 atom stereocenters. The van der Waals surface area contributed by atoms with Gasteiger partial charge in [0.1, 0.15) is 62.4 Å². The van der Waals surface area contributed by atoms with Gasteiger partial charge in [-0.15, -0.1) is 56.7 Å². The molecule has 5 aromatic rings. The lowest BCUT2D eigenvalue weighted by Crippen LogP contribution is -2.52. The standard InChI is InChI=1S/C27H41BN2O7S2.C21H29BrN2O5S2.C21H29N5O5S2.C11H13BrN2OS2.C11H13BrO2S.C6H9NO2/c1-23(2,3)34-21(31)30(22(32)35-24(4,5)6)20-29-27(16-33-12-11-17(27)14-39-20)19-13-18(15-38-19)28-36-25(7,8)26(9,10)37-28;1-19(2,3)28-17(25)24(18(26)29-20(4,5)6)16-23-21(15-9-14(22)11-30-15)12-27-8-7-13(21)10-31-16;1-19(2,3)30-17(27)26(18(28)31-20(4,5)6)16-23-21(12-29-8-7-13(21)10-33-16)15-9-14(11-32-15)24-25-22;12-8-3-9(16-5-8)11-6-15-2-1-7(11)4-17-10(13)14-11;12-9-3-10(15-5-9)11-6-13-2-1-8(11)4-14-7-11;1-2-8-4-6-5(1)3-9-7-6/h13,15,17H,11-12,14,16H2,1-10H3;9,11,13H,7-8,10,12H2,1-6H3;9,11,13H,7-8,10,12H2,1-6H3;3,5,7H,1-2,4,6H2,(H2,13,14);3,5,8H,1-2,4,6-7H2;5H,1-4H2/t17-,27-;2*13-,21-;7-,11-;8-,11-;5-/m000000/s1. The quantitative estimate of drug-likeness (QED) is 0.0520. The maximum atomic E-state index is 13.3. The third-order valence-corrected chi connectivity index (χ3v) is 37.4. The van der Waals surface area contributed by atoms with Gasteiger partial charge < -0.3 is 81.5 Å². The van der Waals surface area contributed by atoms with Gasteiger partial charge in [0.05, 0.1) is 75.2 Å². The highest BCUT2D eigenvalue weighted by Gasteiger charge is 2.58. The number of nitrogens with zero attached hydrogens (tertiary/aromatic N) is 11. The minimum atomic E-state index is -0.853. The molecule has 0 radical (unpaired) electrons. The lowest BCUT2D eigenvalue weighted by molar-refractivity contribution is 0.00253. The normalized spacial score (nSPS) is 27.3. The van der Waals surface area contributed by atoms with Crippen molar-refractivity contribution in [2.45, 2.75) is 263 Å². The first-order valence-corrected chi connectivity index (χ1v) is 58.7. The summed E-state index contributed by atoms with van der Waals surface area (Å²) in [5.41, 5.74) is 9.19. The van der Waals surface area contributed by atoms with E-state index in [1.807, 2.05) is 55.9 Å². The van der Waals surface area contributed by atoms with Crippen molar-refractivity contribution in [1.29, 1.82) is 0 Å². The predicted molar refractivity (Wildman–Crippen MR) is 582 cm³/mol. The Morgan fingerprint density at radius 2 is 0.743 bits per heavy atom. The molecule has 0 bridgehead atoms. The van der Waals surface area contributed by atoms with E-state index in [9.17, 15) is 28.8 Å². The smallest absolute Gasteiger partial charge is 0.443 e. The van der Waals surface area contributed by atoms with Gasteiger partial charge >= 0.3 is 43.7 Å². The third-order valence-electron chi connectivity index (χ3n) is 25.3. The Kier molecular flexibility index (Phi) is 38.1. The summed E-state index contributed by atoms with van der Waals surface area (Å²) in [4.78, 5) is 115. The Morgan fingerprint density at radius 3 is 1.11 bits per heavy atom. The molecule has 0 aromatic carbocycles. The van der Waals surface area contributed by atoms with Gasteiger partial charge in [-0.25, -0.2) is 48.7 Å². The zero-order valence-corrected chi connectivity index (χ0v) is 97.9. The molecule has 13 aliphatic heterocycles. The highest BCUT2D eigenvalue weighted by Crippen LogP contribution is 2.54. The van der Waals surface area contributed by atoms with Gasteiger partial charge in [-0.05, 0) is 291 Å². The molecule has 144 heavy (non-hydrogen) atoms. The van der Waals surface area contributed by atoms with Crippen molar-refractivity contribution in [2.24, 2.45) is 71.5 Å². The lowest BCUT2D eigenvalue weighted by Gasteiger charge is -2.44. The lowest BCUT2D eigenvalue weighted by atomic mass is 9.74. The summed E-state index contributed by atoms with van der Waals surface area (Å²) in [6.45, 7) is 49.7. The van der Waals surface area contributed by atoms with E-state index in [0.717, 1.165) is 140 Å². The van der Waals surface area contributed by atoms with E-state index in [2.05, 4.69) is 91.9 Å². The van der Waals surface area contributed by atoms with E-state index in [-0.39, 0.29) is 50.8 Å². The number of amidine groups is 4. The number of imide groups is 3. The van der Waals surface area contributed by atoms with Crippen molar-refractivity contribution in [3.05, 3.63) is 105 Å². The first-order chi connectivity index (χ1) is 67.5. The summed E-state index contributed by atoms with van der Waals surface area (Å²) in [6.07, 6.45) is 0.782. The van der Waals surface area contributed by atoms with Crippen LogP contribution in [0.1, 0.15) is 215 Å². The van der Waals surface area contributed by atoms with Crippen LogP contribution < -0.4 is 11.2 Å². The Morgan fingerprint density at radius 1 is 0.417 bits per heavy atom. The molecule has 47 heteroatoms. The molecule has 5 aromatic heterocycles. The minimum Gasteiger partial charge on any atom is -0.443 e. The number of hydrogen-bond acceptors (Lipinski definition) is 38. The molecule has 0 spiro atoms. The molecule has 0 unspecified atom stereocenters. The van der Waals surface area contributed by atoms with E-state index in [1.54, 1.807) is 182 Å². The molecule has 8 fully saturated rings. The van der Waals surface area contributed by atoms with Crippen LogP contribution in [0.5, 0.6) is 0 Å². The number of oxime groups is 1. The Balaban J connectivity index is 0.000000152. The molecule has 18 heterocycles. The van der Waals surface area contributed by atoms with E-state index in [0.29, 0.717) is 92.1 Å². The topological polar surface area (TPSA) is 396 Å². The number of halogens is 3. The summed E-state index contributed by atoms with van der Waals surface area (Å²) in [5, 5.41) is 19.0. The monoisotopic (exact) mass is 2350 g/mol. The Labute approximate surface area is 906 Å². The highest BCUT2D eigenvalue weighted by atomic mass is 79.9. The van der Waals surface area contributed by atoms with Crippen LogP contribution in [0.3, 0.4) is 0 Å². The van der Waals surface area contributed by atoms with Crippen molar-refractivity contribution >= 4 is 233 Å². The maximum Gasteiger partial charge on any atom is 0.495 e. The van der Waals surface area contributed by atoms with Crippen molar-refractivity contribution in [1.82, 2.24) is 14.7 Å². The van der Waals surface area contributed by atoms with E-state index < -0.39 is 105 Å². The number of carbonyl (C=O) groups is 6. The number of aliphatic imine (C=N–C) groups is 4. The molecule has 792 valence electrons. The fourth-order valence-electron chi connectivity index (χ4n) is 17.5. The number of ether oxygens (including phenoxy) is 13. The van der Waals surface area contributed by atoms with Crippen molar-refractivity contribution < 1.29 is 104 Å². The summed E-state index contributed by atoms with van der Waals surface area (Å²) >= 11 is 24.4. The predicted octanol–water partition coefficient (Wildman–Crippen LogP) is 23.8. The molecule has 34 nitrogen and oxygen atoms in total. The second-order valence-electron chi connectivity index (χ2n) is 43.8. The molecule has 6 amide bonds. The van der Waals surface area contributed by atoms with Gasteiger partial charge in [-0.3, -0.25) is 0 Å². The number of nitrogens with two attached hydrogens (primary N) is 1. The fraction of sp³-hybridized carbons (Fsp3) is 0.680. The van der Waals surface area contributed by atoms with Gasteiger partial charge in [0.2, 0.25) is 0 Å². The number of azide groups is 1. The zero-order valence-electron chi connectivity index (χ0n) is 85.8. The van der Waals surface area contributed by atoms with Gasteiger partial charge in [-0.1, -0.05) is 57.3 Å². The van der Waals surface area contributed by atoms with Crippen molar-refractivity contribution in [3.63, 3.8) is 0 Å². The van der Waals surface area contributed by atoms with Gasteiger partial charge in [0.15, 0.2) is 20.7 Å². The van der Waals surface area contributed by atoms with Crippen LogP contribution in [-0.4, -0.2) is 252 Å². The second kappa shape index (κ2) is 47.4. The molecule has 2 N–H and O–H groups in total. The molecular formula is C97H134BBr3N12O22S9. The number of rotatable bonds is 7. The molecular weight excluding hydrogens is 2220 g/mol. The van der Waals surface area contributed by atoms with E-state index in [1.165, 1.54) is 60.8 Å². The number of thiophene rings is 5. The van der Waals surface area contributed by atoms with Crippen LogP contribution >= 0.6 is 152 Å². The number of carbonyl (C=O) groups excluding carboxylic acids is 6. The van der Waals surface area contributed by atoms with Crippen molar-refractivity contribution in [2.75, 3.05) is 122 Å². The first-order valence-electron chi connectivity index (χ1n) is 48.0. The first kappa shape index (κ1) is 116. The minimum absolute atomic E-state index is 0.122. The van der Waals surface area contributed by atoms with Crippen LogP contribution in [0.4, 0.5) is 34.5 Å². The van der Waals surface area contributed by atoms with Gasteiger partial charge in [-0.2, -0.15) is 14.7 Å². The summed E-state index contributed by atoms with van der Waals surface area (Å²) in [5.74, 6) is 5.32. The average Bonchev–Trinajstić information content (AvgIpc) is 1.49. The molecule has 0 saturated carbocycles. The molecule has 18 rings (SSSR count). The number of fused-ring (bicyclic) bond motifs is 6. The van der Waals surface area contributed by atoms with Crippen LogP contribution in [0.25, 0.3) is 10.4 Å². The third kappa shape index (κ3) is 28.7. The average molecular weight is 2360 g/mol. The zero-order chi connectivity index (χ0) is 105. The molecule has 8 saturated heterocycles. The van der Waals surface area contributed by atoms with Crippen LogP contribution in [0.2, 0.25) is 0 Å². The summed E-state index contributed by atoms with van der Waals surface area (Å²) < 4.78 is 88.9. The summed E-state index contributed by atoms with van der Waals surface area (Å²) in [7, 11) is -0.499. The Bertz CT molecular complexity index is 5490. The van der Waals surface area contributed by atoms with Crippen LogP contribution in [0, 0.1) is 35.5 Å². The van der Waals surface area contributed by atoms with Gasteiger partial charge in [0.25, 0.3) is 0 Å². The fourth-order valence-corrected chi connectivity index (χ4v) is 29.6. The second-order valence-corrected chi connectivity index (χ2v) is 55.1. The number of amides is 6. The molecule has 13 aliphatic rings. The van der Waals surface area contributed by atoms with Crippen LogP contribution in [-0.2, 0) is 103 Å². The maximum absolute atomic E-state index is 13.3. The van der Waals surface area contributed by atoms with Gasteiger partial charge in [0, 0.05) is 162 Å². The summed E-state index contributed by atoms with van der Waals surface area (Å²) in [6, 6.07) is 10.3. The van der Waals surface area contributed by atoms with Crippen LogP contribution in [0.15, 0.2) is 101 Å². The van der Waals surface area contributed by atoms with Crippen molar-refractivity contribution in [3.8, 4) is 0 Å². The largest absolute Gasteiger partial charge is 0.495 e. The number of thioether (sulfide) groups is 4. The Hall–Kier alpha value is -5.48. The SMILES string of the molecule is Brc1csc([C@]23COCC[C@H]2COC3)c1.C1C[C@H]2CON=C2CO1.CC(C)(C)OC(=O)N(C(=O)OC(C)(C)C)C1=N[C@@]2(c3cc(B4OC(C)(C)C(C)(C)O4)cs3)COCC[C@H]2CS1.CC(C)(C)OC(=O)N(C(=O)OC(C)(C)C)C1=N[C@@]2(c3cc(Br)cs3)COCC[C@H]2CS1.CC(C)(C)OC(=O)N(C(=O)OC(C)(C)C)C1=N[C@@]2(c3cc(N=[N+]=[N-])cs3)COCC[C@H]2CS1.NC1=N[C@@]2(c3cc(Br)cs3)COCC[C@H]2CS1. The number of hydrogen-bond donors (Lipinski definition) is 1. The highest BCUT2D eigenvalue weighted by molar-refractivity contribution is 9.11. The van der Waals surface area contributed by atoms with E-state index >= 15 is 0 Å². The molecule has 0 aliphatic carbocycles. The van der Waals surface area contributed by atoms with E-state index in [4.69, 9.17) is 107 Å².